The van der Waals surface area contributed by atoms with Gasteiger partial charge in [-0.15, -0.1) is 0 Å². The zero-order chi connectivity index (χ0) is 26.3. The minimum atomic E-state index is -4.05. The predicted octanol–water partition coefficient (Wildman–Crippen LogP) is 6.06. The summed E-state index contributed by atoms with van der Waals surface area (Å²) in [4.78, 5) is 15.4. The van der Waals surface area contributed by atoms with Crippen LogP contribution in [0, 0.1) is 11.6 Å². The molecule has 0 aliphatic heterocycles. The average Bonchev–Trinajstić information content (AvgIpc) is 3.34. The molecule has 0 bridgehead atoms. The molecule has 11 heteroatoms. The monoisotopic (exact) mass is 541 g/mol. The van der Waals surface area contributed by atoms with Crippen LogP contribution in [0.4, 0.5) is 14.5 Å². The fourth-order valence-corrected chi connectivity index (χ4v) is 5.09. The molecule has 5 rings (SSSR count). The number of aryl methyl sites for hydroxylation is 1. The van der Waals surface area contributed by atoms with Gasteiger partial charge in [-0.1, -0.05) is 11.6 Å². The van der Waals surface area contributed by atoms with Crippen LogP contribution >= 0.6 is 11.6 Å². The first-order chi connectivity index (χ1) is 17.6. The fourth-order valence-electron chi connectivity index (χ4n) is 3.88. The van der Waals surface area contributed by atoms with Crippen LogP contribution in [0.25, 0.3) is 22.0 Å². The zero-order valence-electron chi connectivity index (χ0n) is 19.1. The van der Waals surface area contributed by atoms with Crippen molar-refractivity contribution >= 4 is 38.2 Å². The van der Waals surface area contributed by atoms with Crippen molar-refractivity contribution < 1.29 is 21.9 Å². The molecule has 0 aliphatic rings. The molecular formula is C26H18ClF2N3O4S. The van der Waals surface area contributed by atoms with E-state index in [9.17, 15) is 22.0 Å². The molecule has 0 atom stereocenters. The van der Waals surface area contributed by atoms with Crippen molar-refractivity contribution in [2.24, 2.45) is 7.05 Å². The molecule has 5 aromatic rings. The number of benzene rings is 3. The number of fused-ring (bicyclic) bond motifs is 1. The summed E-state index contributed by atoms with van der Waals surface area (Å²) in [5.41, 5.74) is 1.16. The van der Waals surface area contributed by atoms with Crippen LogP contribution in [0.15, 0.2) is 88.8 Å². The van der Waals surface area contributed by atoms with Gasteiger partial charge in [0.1, 0.15) is 17.1 Å². The van der Waals surface area contributed by atoms with Crippen LogP contribution in [0.1, 0.15) is 0 Å². The Balaban J connectivity index is 1.65. The second-order valence-electron chi connectivity index (χ2n) is 8.17. The van der Waals surface area contributed by atoms with Gasteiger partial charge in [-0.25, -0.2) is 17.2 Å². The first-order valence-electron chi connectivity index (χ1n) is 10.8. The molecule has 0 unspecified atom stereocenters. The van der Waals surface area contributed by atoms with E-state index in [0.29, 0.717) is 22.0 Å². The quantitative estimate of drug-likeness (QED) is 0.273. The molecule has 0 radical (unpaired) electrons. The standard InChI is InChI=1S/C26H18ClF2N3O4S/c1-32-14-21(19-10-11-30-25(19)26(32)33)20-13-17(31-37(34,35)18-6-3-16(28)4-7-18)5-9-23(20)36-24-8-2-15(27)12-22(24)29/h2-14,30-31H,1H3. The SMILES string of the molecule is Cn1cc(-c2cc(NS(=O)(=O)c3ccc(F)cc3)ccc2Oc2ccc(Cl)cc2F)c2cc[nH]c2c1=O. The van der Waals surface area contributed by atoms with Crippen LogP contribution in [0.5, 0.6) is 11.5 Å². The fraction of sp³-hybridized carbons (Fsp3) is 0.0385. The van der Waals surface area contributed by atoms with Gasteiger partial charge in [-0.2, -0.15) is 0 Å². The Morgan fingerprint density at radius 1 is 0.946 bits per heavy atom. The maximum absolute atomic E-state index is 14.5. The van der Waals surface area contributed by atoms with Crippen molar-refractivity contribution in [3.63, 3.8) is 0 Å². The summed E-state index contributed by atoms with van der Waals surface area (Å²) >= 11 is 5.86. The number of aromatic nitrogens is 2. The lowest BCUT2D eigenvalue weighted by Gasteiger charge is -2.16. The number of sulfonamides is 1. The number of aromatic amines is 1. The van der Waals surface area contributed by atoms with Crippen LogP contribution in [0.2, 0.25) is 5.02 Å². The van der Waals surface area contributed by atoms with Crippen molar-refractivity contribution in [1.82, 2.24) is 9.55 Å². The van der Waals surface area contributed by atoms with E-state index in [1.165, 1.54) is 34.9 Å². The number of hydrogen-bond acceptors (Lipinski definition) is 4. The van der Waals surface area contributed by atoms with E-state index in [1.807, 2.05) is 0 Å². The van der Waals surface area contributed by atoms with E-state index in [1.54, 1.807) is 25.5 Å². The lowest BCUT2D eigenvalue weighted by molar-refractivity contribution is 0.444. The minimum Gasteiger partial charge on any atom is -0.454 e. The van der Waals surface area contributed by atoms with Crippen LogP contribution in [-0.2, 0) is 17.1 Å². The summed E-state index contributed by atoms with van der Waals surface area (Å²) in [6.45, 7) is 0. The second-order valence-corrected chi connectivity index (χ2v) is 10.3. The maximum Gasteiger partial charge on any atom is 0.274 e. The number of ether oxygens (including phenoxy) is 1. The number of nitrogens with zero attached hydrogens (tertiary/aromatic N) is 1. The van der Waals surface area contributed by atoms with Gasteiger partial charge in [0.2, 0.25) is 0 Å². The summed E-state index contributed by atoms with van der Waals surface area (Å²) in [5, 5.41) is 0.755. The molecule has 2 aromatic heterocycles. The van der Waals surface area contributed by atoms with Crippen molar-refractivity contribution in [2.75, 3.05) is 4.72 Å². The molecule has 0 fully saturated rings. The normalized spacial score (nSPS) is 11.6. The first kappa shape index (κ1) is 24.5. The van der Waals surface area contributed by atoms with Gasteiger partial charge >= 0.3 is 0 Å². The third-order valence-corrected chi connectivity index (χ3v) is 7.29. The number of anilines is 1. The van der Waals surface area contributed by atoms with E-state index < -0.39 is 21.7 Å². The molecule has 2 N–H and O–H groups in total. The van der Waals surface area contributed by atoms with Gasteiger partial charge in [-0.05, 0) is 66.7 Å². The number of rotatable bonds is 6. The molecule has 7 nitrogen and oxygen atoms in total. The van der Waals surface area contributed by atoms with Gasteiger partial charge in [0.25, 0.3) is 15.6 Å². The molecule has 0 amide bonds. The van der Waals surface area contributed by atoms with E-state index in [0.717, 1.165) is 30.3 Å². The third kappa shape index (κ3) is 4.81. The summed E-state index contributed by atoms with van der Waals surface area (Å²) in [7, 11) is -2.48. The minimum absolute atomic E-state index is 0.0968. The Hall–Kier alpha value is -4.15. The number of hydrogen-bond donors (Lipinski definition) is 2. The van der Waals surface area contributed by atoms with Gasteiger partial charge < -0.3 is 14.3 Å². The Morgan fingerprint density at radius 2 is 1.68 bits per heavy atom. The zero-order valence-corrected chi connectivity index (χ0v) is 20.7. The van der Waals surface area contributed by atoms with Crippen molar-refractivity contribution in [3.8, 4) is 22.6 Å². The number of pyridine rings is 1. The third-order valence-electron chi connectivity index (χ3n) is 5.65. The van der Waals surface area contributed by atoms with Crippen molar-refractivity contribution in [3.05, 3.63) is 106 Å². The largest absolute Gasteiger partial charge is 0.454 e. The molecular weight excluding hydrogens is 524 g/mol. The number of nitrogens with one attached hydrogen (secondary N) is 2. The summed E-state index contributed by atoms with van der Waals surface area (Å²) in [6.07, 6.45) is 3.19. The van der Waals surface area contributed by atoms with E-state index in [2.05, 4.69) is 9.71 Å². The van der Waals surface area contributed by atoms with Crippen molar-refractivity contribution in [1.29, 1.82) is 0 Å². The topological polar surface area (TPSA) is 93.2 Å². The maximum atomic E-state index is 14.5. The van der Waals surface area contributed by atoms with Gasteiger partial charge in [-0.3, -0.25) is 9.52 Å². The molecule has 0 saturated carbocycles. The highest BCUT2D eigenvalue weighted by Crippen LogP contribution is 2.39. The second kappa shape index (κ2) is 9.38. The summed E-state index contributed by atoms with van der Waals surface area (Å²) in [5.74, 6) is -1.15. The molecule has 188 valence electrons. The van der Waals surface area contributed by atoms with Gasteiger partial charge in [0.15, 0.2) is 11.6 Å². The molecule has 2 heterocycles. The summed E-state index contributed by atoms with van der Waals surface area (Å²) < 4.78 is 63.3. The number of H-pyrrole nitrogens is 1. The Bertz CT molecular complexity index is 1820. The molecule has 0 saturated heterocycles. The average molecular weight is 542 g/mol. The Kier molecular flexibility index (Phi) is 6.22. The molecule has 0 spiro atoms. The van der Waals surface area contributed by atoms with Gasteiger partial charge in [0.05, 0.1) is 4.90 Å². The Labute approximate surface area is 215 Å². The predicted molar refractivity (Wildman–Crippen MR) is 138 cm³/mol. The smallest absolute Gasteiger partial charge is 0.274 e. The van der Waals surface area contributed by atoms with Crippen LogP contribution in [0.3, 0.4) is 0 Å². The Morgan fingerprint density at radius 3 is 2.41 bits per heavy atom. The van der Waals surface area contributed by atoms with Crippen LogP contribution < -0.4 is 15.0 Å². The highest BCUT2D eigenvalue weighted by Gasteiger charge is 2.19. The van der Waals surface area contributed by atoms with E-state index in [4.69, 9.17) is 16.3 Å². The first-order valence-corrected chi connectivity index (χ1v) is 12.7. The molecule has 3 aromatic carbocycles. The summed E-state index contributed by atoms with van der Waals surface area (Å²) in [6, 6.07) is 14.5. The lowest BCUT2D eigenvalue weighted by atomic mass is 10.0. The number of halogens is 3. The van der Waals surface area contributed by atoms with E-state index in [-0.39, 0.29) is 32.7 Å². The molecule has 0 aliphatic carbocycles. The molecule has 37 heavy (non-hydrogen) atoms. The van der Waals surface area contributed by atoms with Crippen molar-refractivity contribution in [2.45, 2.75) is 4.90 Å². The van der Waals surface area contributed by atoms with Gasteiger partial charge in [0, 0.05) is 46.7 Å². The van der Waals surface area contributed by atoms with Crippen LogP contribution in [-0.4, -0.2) is 18.0 Å². The lowest BCUT2D eigenvalue weighted by Crippen LogP contribution is -2.16. The highest BCUT2D eigenvalue weighted by atomic mass is 35.5. The highest BCUT2D eigenvalue weighted by molar-refractivity contribution is 7.92. The van der Waals surface area contributed by atoms with E-state index >= 15 is 0 Å².